The Labute approximate surface area is 208 Å². The van der Waals surface area contributed by atoms with Crippen LogP contribution in [-0.4, -0.2) is 51.1 Å². The number of benzene rings is 3. The maximum absolute atomic E-state index is 6.10. The van der Waals surface area contributed by atoms with Gasteiger partial charge < -0.3 is 26.7 Å². The van der Waals surface area contributed by atoms with Gasteiger partial charge in [0.05, 0.1) is 25.9 Å². The van der Waals surface area contributed by atoms with E-state index in [0.29, 0.717) is 33.0 Å². The number of aliphatic imine (C=N–C) groups is 2. The van der Waals surface area contributed by atoms with Crippen LogP contribution in [0.2, 0.25) is 0 Å². The molecule has 6 N–H and O–H groups in total. The predicted octanol–water partition coefficient (Wildman–Crippen LogP) is 1.99. The second kappa shape index (κ2) is 14.2. The Hall–Kier alpha value is -3.25. The summed E-state index contributed by atoms with van der Waals surface area (Å²) in [5, 5.41) is 4.10. The molecular formula is C27H35N5O2P+. The first-order valence-electron chi connectivity index (χ1n) is 11.7. The summed E-state index contributed by atoms with van der Waals surface area (Å²) in [6.07, 6.45) is 1.74. The van der Waals surface area contributed by atoms with Crippen molar-refractivity contribution in [2.75, 3.05) is 39.1 Å². The molecule has 3 aromatic carbocycles. The molecule has 0 heterocycles. The fraction of sp³-hybridized carbons (Fsp3) is 0.259. The molecule has 3 aromatic rings. The quantitative estimate of drug-likeness (QED) is 0.146. The Balaban J connectivity index is 1.58. The number of nitrogens with two attached hydrogens (primary N) is 3. The van der Waals surface area contributed by atoms with E-state index in [4.69, 9.17) is 26.7 Å². The Morgan fingerprint density at radius 3 is 1.54 bits per heavy atom. The molecule has 0 aromatic heterocycles. The molecular weight excluding hydrogens is 457 g/mol. The Bertz CT molecular complexity index is 962. The number of ether oxygens (including phenoxy) is 2. The van der Waals surface area contributed by atoms with Gasteiger partial charge in [0.1, 0.15) is 23.2 Å². The minimum Gasteiger partial charge on any atom is -0.379 e. The van der Waals surface area contributed by atoms with Crippen LogP contribution in [0.25, 0.3) is 0 Å². The highest BCUT2D eigenvalue weighted by atomic mass is 31.2. The second-order valence-corrected chi connectivity index (χ2v) is 11.5. The van der Waals surface area contributed by atoms with Gasteiger partial charge in [-0.3, -0.25) is 0 Å². The Morgan fingerprint density at radius 2 is 1.09 bits per heavy atom. The average Bonchev–Trinajstić information content (AvgIpc) is 2.89. The van der Waals surface area contributed by atoms with Crippen molar-refractivity contribution in [2.24, 2.45) is 27.2 Å². The average molecular weight is 493 g/mol. The van der Waals surface area contributed by atoms with Crippen molar-refractivity contribution in [1.29, 1.82) is 0 Å². The molecule has 0 aliphatic heterocycles. The standard InChI is InChI=1S/C27H35N5O2P/c28-26(29)32-27(30)31-17-20-33-18-10-19-34-21-22-35(23-11-4-1-5-12-23,24-13-6-2-7-14-24)25-15-8-3-9-16-25/h1-9,11-16H,10,17-22H2,(H6,28,29,30,31,32)/q+1. The monoisotopic (exact) mass is 492 g/mol. The van der Waals surface area contributed by atoms with E-state index in [9.17, 15) is 0 Å². The van der Waals surface area contributed by atoms with Crippen molar-refractivity contribution in [3.8, 4) is 0 Å². The molecule has 0 spiro atoms. The molecule has 7 nitrogen and oxygen atoms in total. The van der Waals surface area contributed by atoms with Crippen LogP contribution in [0.4, 0.5) is 0 Å². The van der Waals surface area contributed by atoms with Gasteiger partial charge in [0, 0.05) is 13.2 Å². The van der Waals surface area contributed by atoms with Crippen LogP contribution in [0.3, 0.4) is 0 Å². The number of rotatable bonds is 13. The summed E-state index contributed by atoms with van der Waals surface area (Å²) in [5.41, 5.74) is 16.1. The van der Waals surface area contributed by atoms with Crippen LogP contribution in [0.15, 0.2) is 101 Å². The molecule has 8 heteroatoms. The van der Waals surface area contributed by atoms with Crippen molar-refractivity contribution >= 4 is 35.1 Å². The lowest BCUT2D eigenvalue weighted by molar-refractivity contribution is 0.0923. The molecule has 0 unspecified atom stereocenters. The minimum atomic E-state index is -1.85. The SMILES string of the molecule is NC(N)=NC(N)=NCCOCCCOCC[P+](c1ccccc1)(c1ccccc1)c1ccccc1. The number of nitrogens with zero attached hydrogens (tertiary/aromatic N) is 2. The van der Waals surface area contributed by atoms with Crippen molar-refractivity contribution < 1.29 is 9.47 Å². The van der Waals surface area contributed by atoms with Gasteiger partial charge in [0.2, 0.25) is 5.96 Å². The molecule has 3 rings (SSSR count). The first-order chi connectivity index (χ1) is 17.1. The second-order valence-electron chi connectivity index (χ2n) is 7.89. The van der Waals surface area contributed by atoms with Crippen molar-refractivity contribution in [2.45, 2.75) is 6.42 Å². The molecule has 0 bridgehead atoms. The summed E-state index contributed by atoms with van der Waals surface area (Å²) in [4.78, 5) is 7.68. The van der Waals surface area contributed by atoms with E-state index >= 15 is 0 Å². The molecule has 0 atom stereocenters. The summed E-state index contributed by atoms with van der Waals surface area (Å²) in [7, 11) is -1.85. The van der Waals surface area contributed by atoms with E-state index in [-0.39, 0.29) is 11.9 Å². The number of guanidine groups is 2. The van der Waals surface area contributed by atoms with Crippen molar-refractivity contribution in [3.63, 3.8) is 0 Å². The Morgan fingerprint density at radius 1 is 0.629 bits per heavy atom. The van der Waals surface area contributed by atoms with Gasteiger partial charge in [-0.1, -0.05) is 54.6 Å². The van der Waals surface area contributed by atoms with Crippen LogP contribution >= 0.6 is 7.26 Å². The highest BCUT2D eigenvalue weighted by molar-refractivity contribution is 7.95. The van der Waals surface area contributed by atoms with Crippen molar-refractivity contribution in [3.05, 3.63) is 91.0 Å². The highest BCUT2D eigenvalue weighted by Gasteiger charge is 2.44. The van der Waals surface area contributed by atoms with Crippen LogP contribution in [-0.2, 0) is 9.47 Å². The molecule has 0 amide bonds. The van der Waals surface area contributed by atoms with E-state index in [1.54, 1.807) is 0 Å². The molecule has 0 fully saturated rings. The number of hydrogen-bond donors (Lipinski definition) is 3. The molecule has 0 aliphatic rings. The lowest BCUT2D eigenvalue weighted by Crippen LogP contribution is -2.34. The summed E-state index contributed by atoms with van der Waals surface area (Å²) >= 11 is 0. The maximum Gasteiger partial charge on any atom is 0.218 e. The lowest BCUT2D eigenvalue weighted by Gasteiger charge is -2.27. The first kappa shape index (κ1) is 26.4. The normalized spacial score (nSPS) is 11.8. The Kier molecular flexibility index (Phi) is 10.7. The smallest absolute Gasteiger partial charge is 0.218 e. The van der Waals surface area contributed by atoms with E-state index in [0.717, 1.165) is 12.6 Å². The fourth-order valence-corrected chi connectivity index (χ4v) is 8.06. The van der Waals surface area contributed by atoms with E-state index in [1.807, 2.05) is 0 Å². The molecule has 0 radical (unpaired) electrons. The summed E-state index contributed by atoms with van der Waals surface area (Å²) in [6, 6.07) is 32.5. The third kappa shape index (κ3) is 7.89. The summed E-state index contributed by atoms with van der Waals surface area (Å²) < 4.78 is 11.7. The summed E-state index contributed by atoms with van der Waals surface area (Å²) in [6.45, 7) is 2.75. The molecule has 184 valence electrons. The molecule has 0 saturated carbocycles. The fourth-order valence-electron chi connectivity index (χ4n) is 3.94. The lowest BCUT2D eigenvalue weighted by atomic mass is 10.4. The van der Waals surface area contributed by atoms with Crippen LogP contribution in [0.5, 0.6) is 0 Å². The van der Waals surface area contributed by atoms with Gasteiger partial charge in [0.15, 0.2) is 5.96 Å². The van der Waals surface area contributed by atoms with E-state index in [1.165, 1.54) is 15.9 Å². The van der Waals surface area contributed by atoms with Gasteiger partial charge in [0.25, 0.3) is 0 Å². The highest BCUT2D eigenvalue weighted by Crippen LogP contribution is 2.54. The van der Waals surface area contributed by atoms with E-state index < -0.39 is 7.26 Å². The van der Waals surface area contributed by atoms with E-state index in [2.05, 4.69) is 101 Å². The van der Waals surface area contributed by atoms with Gasteiger partial charge in [-0.2, -0.15) is 4.99 Å². The predicted molar refractivity (Wildman–Crippen MR) is 149 cm³/mol. The van der Waals surface area contributed by atoms with Crippen LogP contribution in [0.1, 0.15) is 6.42 Å². The van der Waals surface area contributed by atoms with Crippen LogP contribution in [0, 0.1) is 0 Å². The maximum atomic E-state index is 6.10. The summed E-state index contributed by atoms with van der Waals surface area (Å²) in [5.74, 6) is -0.0541. The molecule has 0 aliphatic carbocycles. The number of hydrogen-bond acceptors (Lipinski definition) is 3. The molecule has 35 heavy (non-hydrogen) atoms. The van der Waals surface area contributed by atoms with Gasteiger partial charge >= 0.3 is 0 Å². The first-order valence-corrected chi connectivity index (χ1v) is 13.7. The van der Waals surface area contributed by atoms with Gasteiger partial charge in [-0.25, -0.2) is 4.99 Å². The van der Waals surface area contributed by atoms with Gasteiger partial charge in [-0.05, 0) is 42.8 Å². The zero-order chi connectivity index (χ0) is 24.8. The largest absolute Gasteiger partial charge is 0.379 e. The van der Waals surface area contributed by atoms with Crippen molar-refractivity contribution in [1.82, 2.24) is 0 Å². The third-order valence-electron chi connectivity index (χ3n) is 5.49. The third-order valence-corrected chi connectivity index (χ3v) is 9.88. The van der Waals surface area contributed by atoms with Gasteiger partial charge in [-0.15, -0.1) is 0 Å². The molecule has 0 saturated heterocycles. The topological polar surface area (TPSA) is 121 Å². The zero-order valence-electron chi connectivity index (χ0n) is 20.0. The van der Waals surface area contributed by atoms with Crippen LogP contribution < -0.4 is 33.1 Å². The zero-order valence-corrected chi connectivity index (χ0v) is 20.9. The minimum absolute atomic E-state index is 0.0546.